The third-order valence-electron chi connectivity index (χ3n) is 13.8. The molecule has 0 fully saturated rings. The maximum absolute atomic E-state index is 13.2. The molecule has 0 radical (unpaired) electrons. The molecule has 364 valence electrons. The van der Waals surface area contributed by atoms with Crippen molar-refractivity contribution in [3.63, 3.8) is 0 Å². The van der Waals surface area contributed by atoms with Crippen LogP contribution < -0.4 is 37.9 Å². The molecule has 0 N–H and O–H groups in total. The Bertz CT molecular complexity index is 2320. The summed E-state index contributed by atoms with van der Waals surface area (Å²) in [5, 5.41) is 0. The minimum atomic E-state index is -0.214. The first kappa shape index (κ1) is 50.6. The van der Waals surface area contributed by atoms with Crippen LogP contribution in [0.25, 0.3) is 0 Å². The first-order chi connectivity index (χ1) is 32.3. The first-order valence-electron chi connectivity index (χ1n) is 23.2. The van der Waals surface area contributed by atoms with Crippen LogP contribution in [0.5, 0.6) is 46.0 Å². The van der Waals surface area contributed by atoms with E-state index in [-0.39, 0.29) is 23.9 Å². The van der Waals surface area contributed by atoms with E-state index in [1.165, 1.54) is 22.3 Å². The van der Waals surface area contributed by atoms with E-state index in [1.807, 2.05) is 24.3 Å². The monoisotopic (exact) mass is 929 g/mol. The number of nitrogens with zero attached hydrogens (tertiary/aromatic N) is 2. The molecule has 0 spiro atoms. The molecule has 0 saturated heterocycles. The standard InChI is InChI=1S/C53H72N2O12/c1-54(34-39(26-36-14-16-44(58-3)46(28-36)60-5)41-32-50(64-9)49(63-8)31-40(41)35-54)21-19-52(56)66-24-12-11-13-25-67-53(57)20-23-55(2)22-18-38-30-48(62-7)51(65-10)33-42(38)43(55)27-37-15-17-45(59-4)47(29-37)61-6/h14-17,28-33,39,43H,11-13,18-27,34-35H2,1-10H3/q+2/t39-,43-,54+,55-/m1/s1. The van der Waals surface area contributed by atoms with Crippen molar-refractivity contribution in [2.45, 2.75) is 69.9 Å². The van der Waals surface area contributed by atoms with Crippen LogP contribution in [0.1, 0.15) is 77.4 Å². The van der Waals surface area contributed by atoms with Crippen molar-refractivity contribution in [1.29, 1.82) is 0 Å². The molecule has 4 atom stereocenters. The number of methoxy groups -OCH3 is 8. The van der Waals surface area contributed by atoms with E-state index in [9.17, 15) is 9.59 Å². The van der Waals surface area contributed by atoms with Gasteiger partial charge in [-0.2, -0.15) is 0 Å². The molecule has 0 saturated carbocycles. The zero-order valence-electron chi connectivity index (χ0n) is 41.3. The molecule has 2 aliphatic rings. The number of likely N-dealkylation sites (N-methyl/N-ethyl adjacent to an activating group) is 2. The van der Waals surface area contributed by atoms with Gasteiger partial charge in [0.15, 0.2) is 46.0 Å². The highest BCUT2D eigenvalue weighted by molar-refractivity contribution is 5.69. The quantitative estimate of drug-likeness (QED) is 0.0383. The maximum Gasteiger partial charge on any atom is 0.311 e. The Morgan fingerprint density at radius 1 is 0.522 bits per heavy atom. The zero-order valence-corrected chi connectivity index (χ0v) is 41.3. The molecule has 0 amide bonds. The average molecular weight is 929 g/mol. The molecule has 0 aromatic heterocycles. The van der Waals surface area contributed by atoms with Crippen LogP contribution in [-0.4, -0.2) is 131 Å². The first-order valence-corrected chi connectivity index (χ1v) is 23.2. The lowest BCUT2D eigenvalue weighted by molar-refractivity contribution is -0.940. The number of benzene rings is 4. The molecular weight excluding hydrogens is 857 g/mol. The Hall–Kier alpha value is -5.86. The van der Waals surface area contributed by atoms with E-state index < -0.39 is 0 Å². The SMILES string of the molecule is COc1ccc(C[C@@H]2C[N@+](C)(CCC(=O)OCCCCCOC(=O)CC[N@@+]3(C)CCc4cc(OC)c(OC)cc4[C@H]3Cc3ccc(OC)c(OC)c3)Cc3cc(OC)c(OC)cc32)cc1OC. The van der Waals surface area contributed by atoms with Crippen molar-refractivity contribution < 1.29 is 65.9 Å². The predicted octanol–water partition coefficient (Wildman–Crippen LogP) is 8.07. The largest absolute Gasteiger partial charge is 0.493 e. The third kappa shape index (κ3) is 12.4. The summed E-state index contributed by atoms with van der Waals surface area (Å²) in [5.41, 5.74) is 7.03. The van der Waals surface area contributed by atoms with Gasteiger partial charge in [0.2, 0.25) is 0 Å². The van der Waals surface area contributed by atoms with Gasteiger partial charge in [0.05, 0.1) is 123 Å². The molecule has 14 nitrogen and oxygen atoms in total. The summed E-state index contributed by atoms with van der Waals surface area (Å²) in [4.78, 5) is 26.3. The molecule has 6 rings (SSSR count). The number of ether oxygens (including phenoxy) is 10. The third-order valence-corrected chi connectivity index (χ3v) is 13.8. The van der Waals surface area contributed by atoms with Gasteiger partial charge in [0.25, 0.3) is 0 Å². The highest BCUT2D eigenvalue weighted by Gasteiger charge is 2.41. The van der Waals surface area contributed by atoms with Crippen molar-refractivity contribution in [3.8, 4) is 46.0 Å². The van der Waals surface area contributed by atoms with Gasteiger partial charge in [-0.1, -0.05) is 12.1 Å². The van der Waals surface area contributed by atoms with E-state index in [0.717, 1.165) is 56.4 Å². The van der Waals surface area contributed by atoms with Crippen LogP contribution in [0, 0.1) is 0 Å². The van der Waals surface area contributed by atoms with Crippen molar-refractivity contribution in [2.24, 2.45) is 0 Å². The summed E-state index contributed by atoms with van der Waals surface area (Å²) in [6, 6.07) is 20.5. The number of rotatable bonds is 24. The number of fused-ring (bicyclic) bond motifs is 2. The molecule has 0 bridgehead atoms. The van der Waals surface area contributed by atoms with E-state index >= 15 is 0 Å². The highest BCUT2D eigenvalue weighted by Crippen LogP contribution is 2.44. The lowest BCUT2D eigenvalue weighted by Gasteiger charge is -2.46. The second-order valence-corrected chi connectivity index (χ2v) is 18.2. The second kappa shape index (κ2) is 23.2. The number of hydrogen-bond acceptors (Lipinski definition) is 12. The van der Waals surface area contributed by atoms with Crippen LogP contribution in [0.4, 0.5) is 0 Å². The summed E-state index contributed by atoms with van der Waals surface area (Å²) < 4.78 is 57.8. The molecule has 4 aromatic carbocycles. The lowest BCUT2D eigenvalue weighted by atomic mass is 9.83. The Kier molecular flexibility index (Phi) is 17.5. The number of carbonyl (C=O) groups excluding carboxylic acids is 2. The van der Waals surface area contributed by atoms with Gasteiger partial charge in [0.1, 0.15) is 12.6 Å². The number of carbonyl (C=O) groups is 2. The maximum atomic E-state index is 13.2. The molecule has 2 heterocycles. The van der Waals surface area contributed by atoms with Gasteiger partial charge in [0, 0.05) is 29.9 Å². The summed E-state index contributed by atoms with van der Waals surface area (Å²) in [7, 11) is 17.6. The Morgan fingerprint density at radius 3 is 1.52 bits per heavy atom. The molecule has 14 heteroatoms. The van der Waals surface area contributed by atoms with Gasteiger partial charge < -0.3 is 56.3 Å². The Morgan fingerprint density at radius 2 is 0.985 bits per heavy atom. The number of esters is 2. The van der Waals surface area contributed by atoms with E-state index in [0.29, 0.717) is 107 Å². The molecule has 4 aromatic rings. The van der Waals surface area contributed by atoms with Crippen LogP contribution in [0.3, 0.4) is 0 Å². The number of quaternary nitrogens is 2. The predicted molar refractivity (Wildman–Crippen MR) is 255 cm³/mol. The normalized spacial score (nSPS) is 19.6. The van der Waals surface area contributed by atoms with E-state index in [1.54, 1.807) is 56.9 Å². The molecule has 0 aliphatic carbocycles. The molecule has 2 aliphatic heterocycles. The number of unbranched alkanes of at least 4 members (excludes halogenated alkanes) is 2. The minimum Gasteiger partial charge on any atom is -0.493 e. The van der Waals surface area contributed by atoms with Gasteiger partial charge in [-0.25, -0.2) is 0 Å². The van der Waals surface area contributed by atoms with Gasteiger partial charge >= 0.3 is 11.9 Å². The highest BCUT2D eigenvalue weighted by atomic mass is 16.5. The summed E-state index contributed by atoms with van der Waals surface area (Å²) in [5.74, 6) is 5.25. The zero-order chi connectivity index (χ0) is 48.1. The fourth-order valence-corrected chi connectivity index (χ4v) is 9.96. The number of hydrogen-bond donors (Lipinski definition) is 0. The minimum absolute atomic E-state index is 0.0409. The van der Waals surface area contributed by atoms with Crippen molar-refractivity contribution >= 4 is 11.9 Å². The van der Waals surface area contributed by atoms with E-state index in [4.69, 9.17) is 47.4 Å². The van der Waals surface area contributed by atoms with Crippen LogP contribution >= 0.6 is 0 Å². The summed E-state index contributed by atoms with van der Waals surface area (Å²) >= 11 is 0. The fraction of sp³-hybridized carbons (Fsp3) is 0.509. The van der Waals surface area contributed by atoms with Crippen LogP contribution in [0.15, 0.2) is 60.7 Å². The topological polar surface area (TPSA) is 126 Å². The summed E-state index contributed by atoms with van der Waals surface area (Å²) in [6.45, 7) is 4.34. The lowest BCUT2D eigenvalue weighted by Crippen LogP contribution is -2.53. The Balaban J connectivity index is 0.970. The summed E-state index contributed by atoms with van der Waals surface area (Å²) in [6.07, 6.45) is 5.10. The van der Waals surface area contributed by atoms with Gasteiger partial charge in [-0.3, -0.25) is 9.59 Å². The Labute approximate surface area is 397 Å². The smallest absolute Gasteiger partial charge is 0.311 e. The van der Waals surface area contributed by atoms with E-state index in [2.05, 4.69) is 50.5 Å². The fourth-order valence-electron chi connectivity index (χ4n) is 9.96. The molecule has 67 heavy (non-hydrogen) atoms. The molecule has 0 unspecified atom stereocenters. The van der Waals surface area contributed by atoms with Crippen molar-refractivity contribution in [2.75, 3.05) is 110 Å². The van der Waals surface area contributed by atoms with Crippen molar-refractivity contribution in [3.05, 3.63) is 94.0 Å². The van der Waals surface area contributed by atoms with Gasteiger partial charge in [-0.15, -0.1) is 0 Å². The van der Waals surface area contributed by atoms with Crippen LogP contribution in [-0.2, 0) is 44.9 Å². The van der Waals surface area contributed by atoms with Gasteiger partial charge in [-0.05, 0) is 96.5 Å². The second-order valence-electron chi connectivity index (χ2n) is 18.2. The van der Waals surface area contributed by atoms with Crippen LogP contribution in [0.2, 0.25) is 0 Å². The average Bonchev–Trinajstić information content (AvgIpc) is 3.34. The molecular formula is C53H72N2O12+2. The van der Waals surface area contributed by atoms with Crippen molar-refractivity contribution in [1.82, 2.24) is 0 Å².